The van der Waals surface area contributed by atoms with Gasteiger partial charge in [-0.05, 0) is 45.7 Å². The quantitative estimate of drug-likeness (QED) is 0.844. The molecule has 6 nitrogen and oxygen atoms in total. The molecular formula is C18H23F3N2O4. The van der Waals surface area contributed by atoms with Gasteiger partial charge >= 0.3 is 12.5 Å². The average Bonchev–Trinajstić information content (AvgIpc) is 2.52. The van der Waals surface area contributed by atoms with Crippen molar-refractivity contribution in [2.75, 3.05) is 18.4 Å². The maximum absolute atomic E-state index is 12.4. The van der Waals surface area contributed by atoms with Crippen molar-refractivity contribution in [3.8, 4) is 5.75 Å². The molecule has 0 atom stereocenters. The summed E-state index contributed by atoms with van der Waals surface area (Å²) in [6.07, 6.45) is -4.32. The summed E-state index contributed by atoms with van der Waals surface area (Å²) in [4.78, 5) is 25.9. The summed E-state index contributed by atoms with van der Waals surface area (Å²) in [6.45, 7) is 6.10. The molecular weight excluding hydrogens is 365 g/mol. The molecule has 27 heavy (non-hydrogen) atoms. The van der Waals surface area contributed by atoms with Crippen LogP contribution >= 0.6 is 0 Å². The molecule has 1 saturated heterocycles. The van der Waals surface area contributed by atoms with Gasteiger partial charge in [0.05, 0.1) is 0 Å². The lowest BCUT2D eigenvalue weighted by Gasteiger charge is -2.32. The second kappa shape index (κ2) is 8.06. The molecule has 1 aliphatic heterocycles. The monoisotopic (exact) mass is 388 g/mol. The summed E-state index contributed by atoms with van der Waals surface area (Å²) >= 11 is 0. The topological polar surface area (TPSA) is 67.9 Å². The van der Waals surface area contributed by atoms with Gasteiger partial charge < -0.3 is 19.7 Å². The Labute approximate surface area is 155 Å². The van der Waals surface area contributed by atoms with Gasteiger partial charge in [-0.3, -0.25) is 4.79 Å². The summed E-state index contributed by atoms with van der Waals surface area (Å²) in [5.41, 5.74) is -0.370. The van der Waals surface area contributed by atoms with Crippen LogP contribution in [-0.4, -0.2) is 42.0 Å². The number of piperidine rings is 1. The van der Waals surface area contributed by atoms with Crippen LogP contribution in [0.2, 0.25) is 0 Å². The van der Waals surface area contributed by atoms with E-state index in [1.165, 1.54) is 12.1 Å². The highest BCUT2D eigenvalue weighted by atomic mass is 19.4. The molecule has 0 aromatic heterocycles. The SMILES string of the molecule is CC(C)(C)OC(=O)N1CCC(C(=O)Nc2cccc(OC(F)(F)F)c2)CC1. The van der Waals surface area contributed by atoms with Crippen molar-refractivity contribution >= 4 is 17.7 Å². The van der Waals surface area contributed by atoms with Crippen LogP contribution in [0.5, 0.6) is 5.75 Å². The Morgan fingerprint density at radius 2 is 1.78 bits per heavy atom. The van der Waals surface area contributed by atoms with E-state index in [1.807, 2.05) is 0 Å². The summed E-state index contributed by atoms with van der Waals surface area (Å²) in [7, 11) is 0. The predicted molar refractivity (Wildman–Crippen MR) is 92.3 cm³/mol. The number of halogens is 3. The Balaban J connectivity index is 1.88. The van der Waals surface area contributed by atoms with Crippen molar-refractivity contribution < 1.29 is 32.2 Å². The molecule has 2 amide bonds. The van der Waals surface area contributed by atoms with Crippen LogP contribution in [0.3, 0.4) is 0 Å². The first-order valence-electron chi connectivity index (χ1n) is 8.57. The van der Waals surface area contributed by atoms with E-state index in [0.717, 1.165) is 12.1 Å². The van der Waals surface area contributed by atoms with Gasteiger partial charge in [-0.2, -0.15) is 0 Å². The fraction of sp³-hybridized carbons (Fsp3) is 0.556. The summed E-state index contributed by atoms with van der Waals surface area (Å²) in [5.74, 6) is -1.04. The van der Waals surface area contributed by atoms with Crippen molar-refractivity contribution in [3.63, 3.8) is 0 Å². The number of hydrogen-bond donors (Lipinski definition) is 1. The van der Waals surface area contributed by atoms with Crippen molar-refractivity contribution in [2.45, 2.75) is 45.6 Å². The van der Waals surface area contributed by atoms with Crippen LogP contribution in [0.15, 0.2) is 24.3 Å². The van der Waals surface area contributed by atoms with Crippen molar-refractivity contribution in [3.05, 3.63) is 24.3 Å². The van der Waals surface area contributed by atoms with E-state index in [9.17, 15) is 22.8 Å². The van der Waals surface area contributed by atoms with Gasteiger partial charge in [0, 0.05) is 30.8 Å². The molecule has 2 rings (SSSR count). The number of anilines is 1. The van der Waals surface area contributed by atoms with Crippen LogP contribution in [0.1, 0.15) is 33.6 Å². The number of alkyl halides is 3. The fourth-order valence-electron chi connectivity index (χ4n) is 2.67. The molecule has 9 heteroatoms. The standard InChI is InChI=1S/C18H23F3N2O4/c1-17(2,3)27-16(25)23-9-7-12(8-10-23)15(24)22-13-5-4-6-14(11-13)26-18(19,20)21/h4-6,11-12H,7-10H2,1-3H3,(H,22,24). The van der Waals surface area contributed by atoms with Gasteiger partial charge in [-0.15, -0.1) is 13.2 Å². The fourth-order valence-corrected chi connectivity index (χ4v) is 2.67. The molecule has 0 saturated carbocycles. The maximum atomic E-state index is 12.4. The van der Waals surface area contributed by atoms with E-state index >= 15 is 0 Å². The number of rotatable bonds is 3. The normalized spacial score (nSPS) is 16.0. The number of carbonyl (C=O) groups excluding carboxylic acids is 2. The maximum Gasteiger partial charge on any atom is 0.573 e. The molecule has 0 unspecified atom stereocenters. The number of likely N-dealkylation sites (tertiary alicyclic amines) is 1. The lowest BCUT2D eigenvalue weighted by Crippen LogP contribution is -2.43. The number of carbonyl (C=O) groups is 2. The smallest absolute Gasteiger partial charge is 0.444 e. The third kappa shape index (κ3) is 6.99. The summed E-state index contributed by atoms with van der Waals surface area (Å²) < 4.78 is 46.0. The first-order valence-corrected chi connectivity index (χ1v) is 8.57. The molecule has 1 aliphatic rings. The van der Waals surface area contributed by atoms with E-state index < -0.39 is 23.8 Å². The number of ether oxygens (including phenoxy) is 2. The van der Waals surface area contributed by atoms with Crippen LogP contribution in [0.25, 0.3) is 0 Å². The number of nitrogens with one attached hydrogen (secondary N) is 1. The van der Waals surface area contributed by atoms with E-state index in [-0.39, 0.29) is 17.5 Å². The van der Waals surface area contributed by atoms with Gasteiger partial charge in [0.1, 0.15) is 11.4 Å². The molecule has 1 heterocycles. The largest absolute Gasteiger partial charge is 0.573 e. The first kappa shape index (κ1) is 20.9. The van der Waals surface area contributed by atoms with Gasteiger partial charge in [0.2, 0.25) is 5.91 Å². The first-order chi connectivity index (χ1) is 12.4. The second-order valence-corrected chi connectivity index (χ2v) is 7.31. The molecule has 1 aromatic carbocycles. The zero-order valence-electron chi connectivity index (χ0n) is 15.4. The van der Waals surface area contributed by atoms with Gasteiger partial charge in [-0.25, -0.2) is 4.79 Å². The second-order valence-electron chi connectivity index (χ2n) is 7.31. The van der Waals surface area contributed by atoms with Crippen LogP contribution in [0.4, 0.5) is 23.7 Å². The number of benzene rings is 1. The molecule has 0 bridgehead atoms. The van der Waals surface area contributed by atoms with Crippen molar-refractivity contribution in [2.24, 2.45) is 5.92 Å². The Hall–Kier alpha value is -2.45. The number of amides is 2. The molecule has 0 spiro atoms. The minimum Gasteiger partial charge on any atom is -0.444 e. The number of nitrogens with zero attached hydrogens (tertiary/aromatic N) is 1. The molecule has 1 aromatic rings. The highest BCUT2D eigenvalue weighted by Gasteiger charge is 2.32. The van der Waals surface area contributed by atoms with E-state index in [0.29, 0.717) is 25.9 Å². The molecule has 1 N–H and O–H groups in total. The number of hydrogen-bond acceptors (Lipinski definition) is 4. The third-order valence-corrected chi connectivity index (χ3v) is 3.85. The zero-order chi connectivity index (χ0) is 20.2. The lowest BCUT2D eigenvalue weighted by atomic mass is 9.96. The summed E-state index contributed by atoms with van der Waals surface area (Å²) in [6, 6.07) is 5.11. The van der Waals surface area contributed by atoms with Crippen LogP contribution < -0.4 is 10.1 Å². The van der Waals surface area contributed by atoms with Gasteiger partial charge in [0.25, 0.3) is 0 Å². The molecule has 1 fully saturated rings. The Kier molecular flexibility index (Phi) is 6.22. The predicted octanol–water partition coefficient (Wildman–Crippen LogP) is 4.17. The van der Waals surface area contributed by atoms with Gasteiger partial charge in [0.15, 0.2) is 0 Å². The lowest BCUT2D eigenvalue weighted by molar-refractivity contribution is -0.274. The van der Waals surface area contributed by atoms with E-state index in [4.69, 9.17) is 4.74 Å². The minimum atomic E-state index is -4.79. The Morgan fingerprint density at radius 3 is 2.33 bits per heavy atom. The Morgan fingerprint density at radius 1 is 1.15 bits per heavy atom. The minimum absolute atomic E-state index is 0.219. The zero-order valence-corrected chi connectivity index (χ0v) is 15.4. The van der Waals surface area contributed by atoms with Crippen LogP contribution in [0, 0.1) is 5.92 Å². The van der Waals surface area contributed by atoms with E-state index in [1.54, 1.807) is 25.7 Å². The van der Waals surface area contributed by atoms with Gasteiger partial charge in [-0.1, -0.05) is 6.07 Å². The molecule has 0 radical (unpaired) electrons. The van der Waals surface area contributed by atoms with Crippen LogP contribution in [-0.2, 0) is 9.53 Å². The highest BCUT2D eigenvalue weighted by Crippen LogP contribution is 2.26. The average molecular weight is 388 g/mol. The summed E-state index contributed by atoms with van der Waals surface area (Å²) in [5, 5.41) is 2.60. The third-order valence-electron chi connectivity index (χ3n) is 3.85. The van der Waals surface area contributed by atoms with Crippen molar-refractivity contribution in [1.29, 1.82) is 0 Å². The van der Waals surface area contributed by atoms with Crippen molar-refractivity contribution in [1.82, 2.24) is 4.90 Å². The Bertz CT molecular complexity index is 678. The molecule has 150 valence electrons. The highest BCUT2D eigenvalue weighted by molar-refractivity contribution is 5.92. The molecule has 0 aliphatic carbocycles. The van der Waals surface area contributed by atoms with E-state index in [2.05, 4.69) is 10.1 Å².